The summed E-state index contributed by atoms with van der Waals surface area (Å²) < 4.78 is 4.38. The summed E-state index contributed by atoms with van der Waals surface area (Å²) in [7, 11) is 1.26. The Morgan fingerprint density at radius 1 is 1.47 bits per heavy atom. The first-order chi connectivity index (χ1) is 7.13. The Morgan fingerprint density at radius 3 is 2.73 bits per heavy atom. The van der Waals surface area contributed by atoms with Gasteiger partial charge in [0.2, 0.25) is 5.96 Å². The minimum Gasteiger partial charge on any atom is -0.453 e. The Balaban J connectivity index is 2.79. The standard InChI is InChI=1S/C10H13N3O2/c1-7-5-3-4-6-8(7)12-9(11)13-10(14)15-2/h3-6H,1-2H3,(H3,11,12,13,14). The molecule has 5 nitrogen and oxygen atoms in total. The van der Waals surface area contributed by atoms with Gasteiger partial charge < -0.3 is 10.5 Å². The van der Waals surface area contributed by atoms with Gasteiger partial charge in [-0.05, 0) is 18.6 Å². The van der Waals surface area contributed by atoms with Crippen molar-refractivity contribution in [2.45, 2.75) is 6.92 Å². The number of nitrogens with zero attached hydrogens (tertiary/aromatic N) is 1. The minimum absolute atomic E-state index is 0.0103. The number of nitrogens with one attached hydrogen (secondary N) is 1. The van der Waals surface area contributed by atoms with Crippen LogP contribution in [0.3, 0.4) is 0 Å². The van der Waals surface area contributed by atoms with E-state index >= 15 is 0 Å². The molecular weight excluding hydrogens is 194 g/mol. The first kappa shape index (κ1) is 11.0. The smallest absolute Gasteiger partial charge is 0.413 e. The van der Waals surface area contributed by atoms with Crippen LogP contribution in [-0.2, 0) is 4.74 Å². The number of carbonyl (C=O) groups excluding carboxylic acids is 1. The number of benzene rings is 1. The van der Waals surface area contributed by atoms with Crippen LogP contribution in [0.15, 0.2) is 29.3 Å². The summed E-state index contributed by atoms with van der Waals surface area (Å²) in [5.74, 6) is 0.0103. The van der Waals surface area contributed by atoms with E-state index in [0.29, 0.717) is 5.69 Å². The number of para-hydroxylation sites is 1. The third-order valence-electron chi connectivity index (χ3n) is 1.77. The third kappa shape index (κ3) is 3.30. The molecule has 0 aliphatic rings. The van der Waals surface area contributed by atoms with Crippen LogP contribution in [0.4, 0.5) is 10.5 Å². The van der Waals surface area contributed by atoms with Crippen molar-refractivity contribution >= 4 is 17.7 Å². The maximum atomic E-state index is 10.8. The van der Waals surface area contributed by atoms with Crippen molar-refractivity contribution in [2.24, 2.45) is 10.7 Å². The maximum Gasteiger partial charge on any atom is 0.413 e. The molecule has 1 aromatic rings. The highest BCUT2D eigenvalue weighted by molar-refractivity contribution is 5.94. The van der Waals surface area contributed by atoms with Gasteiger partial charge in [-0.25, -0.2) is 9.79 Å². The number of methoxy groups -OCH3 is 1. The van der Waals surface area contributed by atoms with Crippen LogP contribution in [-0.4, -0.2) is 19.2 Å². The minimum atomic E-state index is -0.634. The number of hydrogen-bond donors (Lipinski definition) is 2. The number of aryl methyl sites for hydroxylation is 1. The lowest BCUT2D eigenvalue weighted by Crippen LogP contribution is -2.36. The molecule has 0 bridgehead atoms. The van der Waals surface area contributed by atoms with E-state index in [1.54, 1.807) is 6.07 Å². The molecule has 3 N–H and O–H groups in total. The molecule has 0 atom stereocenters. The zero-order chi connectivity index (χ0) is 11.3. The fraction of sp³-hybridized carbons (Fsp3) is 0.200. The van der Waals surface area contributed by atoms with Gasteiger partial charge in [-0.15, -0.1) is 0 Å². The summed E-state index contributed by atoms with van der Waals surface area (Å²) in [4.78, 5) is 14.8. The average Bonchev–Trinajstić information content (AvgIpc) is 2.21. The molecule has 1 rings (SSSR count). The molecule has 0 aliphatic heterocycles. The topological polar surface area (TPSA) is 76.7 Å². The van der Waals surface area contributed by atoms with Crippen LogP contribution in [0.2, 0.25) is 0 Å². The molecule has 5 heteroatoms. The SMILES string of the molecule is COC(=O)NC(N)=Nc1ccccc1C. The van der Waals surface area contributed by atoms with E-state index in [0.717, 1.165) is 5.56 Å². The van der Waals surface area contributed by atoms with Crippen LogP contribution < -0.4 is 11.1 Å². The fourth-order valence-electron chi connectivity index (χ4n) is 1.00. The highest BCUT2D eigenvalue weighted by Crippen LogP contribution is 2.16. The maximum absolute atomic E-state index is 10.8. The molecule has 0 saturated heterocycles. The van der Waals surface area contributed by atoms with Crippen LogP contribution in [0.5, 0.6) is 0 Å². The highest BCUT2D eigenvalue weighted by Gasteiger charge is 2.01. The lowest BCUT2D eigenvalue weighted by molar-refractivity contribution is 0.176. The molecule has 0 radical (unpaired) electrons. The van der Waals surface area contributed by atoms with E-state index in [1.165, 1.54) is 7.11 Å². The van der Waals surface area contributed by atoms with E-state index in [9.17, 15) is 4.79 Å². The zero-order valence-electron chi connectivity index (χ0n) is 8.65. The average molecular weight is 207 g/mol. The van der Waals surface area contributed by atoms with Crippen molar-refractivity contribution in [3.8, 4) is 0 Å². The quantitative estimate of drug-likeness (QED) is 0.538. The Hall–Kier alpha value is -2.04. The Morgan fingerprint density at radius 2 is 2.13 bits per heavy atom. The molecule has 0 aliphatic carbocycles. The molecule has 1 amide bonds. The predicted molar refractivity (Wildman–Crippen MR) is 58.0 cm³/mol. The summed E-state index contributed by atoms with van der Waals surface area (Å²) in [5.41, 5.74) is 7.18. The van der Waals surface area contributed by atoms with Crippen LogP contribution in [0.25, 0.3) is 0 Å². The number of amides is 1. The number of rotatable bonds is 1. The molecule has 1 aromatic carbocycles. The van der Waals surface area contributed by atoms with Crippen molar-refractivity contribution in [3.05, 3.63) is 29.8 Å². The lowest BCUT2D eigenvalue weighted by Gasteiger charge is -2.03. The Kier molecular flexibility index (Phi) is 3.68. The fourth-order valence-corrected chi connectivity index (χ4v) is 1.00. The van der Waals surface area contributed by atoms with Crippen LogP contribution in [0.1, 0.15) is 5.56 Å². The van der Waals surface area contributed by atoms with Gasteiger partial charge >= 0.3 is 6.09 Å². The lowest BCUT2D eigenvalue weighted by atomic mass is 10.2. The molecular formula is C10H13N3O2. The van der Waals surface area contributed by atoms with Gasteiger partial charge in [0.15, 0.2) is 0 Å². The van der Waals surface area contributed by atoms with Crippen molar-refractivity contribution in [1.29, 1.82) is 0 Å². The van der Waals surface area contributed by atoms with Crippen molar-refractivity contribution in [3.63, 3.8) is 0 Å². The molecule has 0 aromatic heterocycles. The van der Waals surface area contributed by atoms with E-state index in [4.69, 9.17) is 5.73 Å². The van der Waals surface area contributed by atoms with Gasteiger partial charge in [0.25, 0.3) is 0 Å². The summed E-state index contributed by atoms with van der Waals surface area (Å²) in [6.07, 6.45) is -0.634. The van der Waals surface area contributed by atoms with Gasteiger partial charge in [-0.2, -0.15) is 0 Å². The van der Waals surface area contributed by atoms with Crippen LogP contribution in [0, 0.1) is 6.92 Å². The number of guanidine groups is 1. The van der Waals surface area contributed by atoms with E-state index in [1.807, 2.05) is 25.1 Å². The summed E-state index contributed by atoms with van der Waals surface area (Å²) in [6, 6.07) is 7.46. The summed E-state index contributed by atoms with van der Waals surface area (Å²) in [5, 5.41) is 2.27. The third-order valence-corrected chi connectivity index (χ3v) is 1.77. The Labute approximate surface area is 88.0 Å². The van der Waals surface area contributed by atoms with Crippen molar-refractivity contribution in [2.75, 3.05) is 7.11 Å². The normalized spacial score (nSPS) is 10.9. The molecule has 80 valence electrons. The molecule has 0 saturated carbocycles. The molecule has 0 heterocycles. The first-order valence-corrected chi connectivity index (χ1v) is 4.38. The number of ether oxygens (including phenoxy) is 1. The van der Waals surface area contributed by atoms with Crippen LogP contribution >= 0.6 is 0 Å². The number of nitrogens with two attached hydrogens (primary N) is 1. The summed E-state index contributed by atoms with van der Waals surface area (Å²) in [6.45, 7) is 1.91. The molecule has 0 spiro atoms. The predicted octanol–water partition coefficient (Wildman–Crippen LogP) is 1.30. The van der Waals surface area contributed by atoms with E-state index in [-0.39, 0.29) is 5.96 Å². The second-order valence-electron chi connectivity index (χ2n) is 2.90. The molecule has 0 unspecified atom stereocenters. The van der Waals surface area contributed by atoms with Gasteiger partial charge in [0.05, 0.1) is 12.8 Å². The number of aliphatic imine (C=N–C) groups is 1. The van der Waals surface area contributed by atoms with Gasteiger partial charge in [-0.1, -0.05) is 18.2 Å². The van der Waals surface area contributed by atoms with Gasteiger partial charge in [0, 0.05) is 0 Å². The second kappa shape index (κ2) is 4.99. The van der Waals surface area contributed by atoms with Crippen molar-refractivity contribution < 1.29 is 9.53 Å². The largest absolute Gasteiger partial charge is 0.453 e. The Bertz CT molecular complexity index is 388. The summed E-state index contributed by atoms with van der Waals surface area (Å²) >= 11 is 0. The zero-order valence-corrected chi connectivity index (χ0v) is 8.65. The monoisotopic (exact) mass is 207 g/mol. The van der Waals surface area contributed by atoms with E-state index < -0.39 is 6.09 Å². The molecule has 15 heavy (non-hydrogen) atoms. The highest BCUT2D eigenvalue weighted by atomic mass is 16.5. The number of hydrogen-bond acceptors (Lipinski definition) is 3. The molecule has 0 fully saturated rings. The second-order valence-corrected chi connectivity index (χ2v) is 2.90. The van der Waals surface area contributed by atoms with E-state index in [2.05, 4.69) is 15.0 Å². The van der Waals surface area contributed by atoms with Crippen molar-refractivity contribution in [1.82, 2.24) is 5.32 Å². The first-order valence-electron chi connectivity index (χ1n) is 4.38. The van der Waals surface area contributed by atoms with Gasteiger partial charge in [0.1, 0.15) is 0 Å². The van der Waals surface area contributed by atoms with Gasteiger partial charge in [-0.3, -0.25) is 5.32 Å². The number of alkyl carbamates (subject to hydrolysis) is 1. The number of carbonyl (C=O) groups is 1.